The predicted octanol–water partition coefficient (Wildman–Crippen LogP) is 8.28. The van der Waals surface area contributed by atoms with Crippen LogP contribution in [0.5, 0.6) is 0 Å². The van der Waals surface area contributed by atoms with E-state index in [1.165, 1.54) is 24.3 Å². The van der Waals surface area contributed by atoms with Crippen LogP contribution >= 0.6 is 0 Å². The molecule has 0 amide bonds. The normalized spacial score (nSPS) is 44.9. The number of hydrogen-bond donors (Lipinski definition) is 1. The van der Waals surface area contributed by atoms with Crippen LogP contribution in [0.3, 0.4) is 0 Å². The largest absolute Gasteiger partial charge is 0.460 e. The topological polar surface area (TPSA) is 315 Å². The molecule has 1 aromatic carbocycles. The molecule has 0 radical (unpaired) electrons. The summed E-state index contributed by atoms with van der Waals surface area (Å²) < 4.78 is 105. The number of benzene rings is 1. The standard InChI is InChI=1S/C67H93NO26S/c1-36-16-18-46-39(4)54(82-57-65(46)43(36)27-31-61(8,86-57)89-92-65)79-50(71)22-20-48(69)77-34-64(68-95(75,76)42-14-12-11-13-15-42,85-53(74)25-24-51(72)80-55-40(5)47-19-17-37(2)44-28-32-62(9)87-58(83-55)66(44,47)93-90-62)35-78-49(70)21-23-52(73)81-56-41(6)60(7)30-26-38(3)45-29-33-63(10)88-59(84-56)67(45,60)94-91-63/h11-15,36-41,43-47,54-59,68H,16-35H2,1-10H3/t36-,37-,38-,39-,40-,41+,43+,44+,45+,46+,47+,54-,55-,56-,57-,58-,59-,60+,61-,62-,63-,64?,65-,66-,67+/m1/s1. The first-order valence-electron chi connectivity index (χ1n) is 34.3. The maximum atomic E-state index is 14.4. The number of hydrogen-bond acceptors (Lipinski definition) is 26. The van der Waals surface area contributed by atoms with Gasteiger partial charge in [-0.15, -0.1) is 0 Å². The van der Waals surface area contributed by atoms with E-state index in [2.05, 4.69) is 32.4 Å². The zero-order valence-corrected chi connectivity index (χ0v) is 56.7. The lowest BCUT2D eigenvalue weighted by Crippen LogP contribution is -2.74. The van der Waals surface area contributed by atoms with E-state index in [0.29, 0.717) is 32.1 Å². The lowest BCUT2D eigenvalue weighted by atomic mass is 9.50. The Hall–Kier alpha value is -4.53. The van der Waals surface area contributed by atoms with E-state index in [1.807, 2.05) is 20.8 Å². The average Bonchev–Trinajstić information content (AvgIpc) is 1.69. The van der Waals surface area contributed by atoms with Gasteiger partial charge < -0.3 is 56.8 Å². The van der Waals surface area contributed by atoms with E-state index in [4.69, 9.17) is 86.2 Å². The molecule has 12 aliphatic heterocycles. The molecule has 25 atom stereocenters. The Morgan fingerprint density at radius 3 is 1.40 bits per heavy atom. The Bertz CT molecular complexity index is 3220. The highest BCUT2D eigenvalue weighted by Crippen LogP contribution is 2.67. The molecule has 3 spiro atoms. The van der Waals surface area contributed by atoms with Crippen LogP contribution < -0.4 is 4.72 Å². The summed E-state index contributed by atoms with van der Waals surface area (Å²) >= 11 is 0. The Morgan fingerprint density at radius 1 is 0.474 bits per heavy atom. The zero-order valence-electron chi connectivity index (χ0n) is 55.9. The van der Waals surface area contributed by atoms with Gasteiger partial charge in [0.2, 0.25) is 52.0 Å². The molecular formula is C67H93NO26S. The number of carbonyl (C=O) groups is 6. The van der Waals surface area contributed by atoms with Gasteiger partial charge in [-0.2, -0.15) is 4.72 Å². The molecule has 95 heavy (non-hydrogen) atoms. The van der Waals surface area contributed by atoms with Gasteiger partial charge in [0.25, 0.3) is 0 Å². The molecule has 16 rings (SSSR count). The summed E-state index contributed by atoms with van der Waals surface area (Å²) in [6, 6.07) is 6.91. The Labute approximate surface area is 553 Å². The number of sulfonamides is 1. The fraction of sp³-hybridized carbons (Fsp3) is 0.821. The third-order valence-corrected chi connectivity index (χ3v) is 25.6. The van der Waals surface area contributed by atoms with Crippen LogP contribution in [0.2, 0.25) is 0 Å². The van der Waals surface area contributed by atoms with Gasteiger partial charge >= 0.3 is 35.8 Å². The van der Waals surface area contributed by atoms with Crippen LogP contribution in [-0.2, 0) is 125 Å². The Balaban J connectivity index is 0.694. The van der Waals surface area contributed by atoms with Crippen LogP contribution in [-0.4, -0.2) is 135 Å². The summed E-state index contributed by atoms with van der Waals surface area (Å²) in [5, 5.41) is 0. The maximum Gasteiger partial charge on any atom is 0.308 e. The van der Waals surface area contributed by atoms with Crippen molar-refractivity contribution in [2.75, 3.05) is 13.2 Å². The van der Waals surface area contributed by atoms with Gasteiger partial charge in [-0.1, -0.05) is 66.7 Å². The van der Waals surface area contributed by atoms with Gasteiger partial charge in [-0.3, -0.25) is 28.8 Å². The molecule has 3 aliphatic carbocycles. The van der Waals surface area contributed by atoms with E-state index in [0.717, 1.165) is 44.9 Å². The summed E-state index contributed by atoms with van der Waals surface area (Å²) in [6.07, 6.45) is -1.05. The van der Waals surface area contributed by atoms with Crippen LogP contribution in [0.1, 0.15) is 185 Å². The molecule has 15 aliphatic rings. The van der Waals surface area contributed by atoms with Crippen molar-refractivity contribution >= 4 is 45.8 Å². The molecule has 528 valence electrons. The van der Waals surface area contributed by atoms with Crippen molar-refractivity contribution in [3.05, 3.63) is 30.3 Å². The van der Waals surface area contributed by atoms with Crippen molar-refractivity contribution in [2.45, 2.75) is 267 Å². The summed E-state index contributed by atoms with van der Waals surface area (Å²) in [7, 11) is -4.78. The van der Waals surface area contributed by atoms with Gasteiger partial charge in [0.05, 0.1) is 43.4 Å². The van der Waals surface area contributed by atoms with E-state index >= 15 is 0 Å². The molecule has 1 aromatic rings. The van der Waals surface area contributed by atoms with Crippen molar-refractivity contribution in [1.82, 2.24) is 4.72 Å². The fourth-order valence-corrected chi connectivity index (χ4v) is 19.7. The molecule has 28 heteroatoms. The molecule has 6 bridgehead atoms. The third kappa shape index (κ3) is 12.2. The first-order chi connectivity index (χ1) is 45.0. The highest BCUT2D eigenvalue weighted by Gasteiger charge is 2.76. The number of ether oxygens (including phenoxy) is 12. The molecule has 0 aromatic heterocycles. The molecule has 12 saturated heterocycles. The summed E-state index contributed by atoms with van der Waals surface area (Å²) in [5.41, 5.74) is -6.28. The number of nitrogens with one attached hydrogen (secondary N) is 1. The van der Waals surface area contributed by atoms with Crippen LogP contribution in [0.4, 0.5) is 0 Å². The highest BCUT2D eigenvalue weighted by molar-refractivity contribution is 7.89. The second-order valence-corrected chi connectivity index (χ2v) is 31.8. The van der Waals surface area contributed by atoms with Crippen molar-refractivity contribution in [1.29, 1.82) is 0 Å². The van der Waals surface area contributed by atoms with Crippen LogP contribution in [0.15, 0.2) is 35.2 Å². The maximum absolute atomic E-state index is 14.4. The lowest BCUT2D eigenvalue weighted by Gasteiger charge is -2.65. The quantitative estimate of drug-likeness (QED) is 0.0555. The molecular weight excluding hydrogens is 1270 g/mol. The predicted molar refractivity (Wildman–Crippen MR) is 319 cm³/mol. The summed E-state index contributed by atoms with van der Waals surface area (Å²) in [5.74, 6) is -9.92. The number of carbonyl (C=O) groups excluding carboxylic acids is 6. The molecule has 15 fully saturated rings. The Kier molecular flexibility index (Phi) is 18.6. The third-order valence-electron chi connectivity index (χ3n) is 24.0. The lowest BCUT2D eigenvalue weighted by molar-refractivity contribution is -0.586. The minimum Gasteiger partial charge on any atom is -0.460 e. The average molecular weight is 1360 g/mol. The van der Waals surface area contributed by atoms with Crippen molar-refractivity contribution in [3.8, 4) is 0 Å². The second kappa shape index (κ2) is 25.6. The molecule has 27 nitrogen and oxygen atoms in total. The van der Waals surface area contributed by atoms with Crippen LogP contribution in [0, 0.1) is 70.5 Å². The smallest absolute Gasteiger partial charge is 0.308 e. The molecule has 3 saturated carbocycles. The van der Waals surface area contributed by atoms with Crippen molar-refractivity contribution < 1.29 is 123 Å². The number of fused-ring (bicyclic) bond motifs is 6. The van der Waals surface area contributed by atoms with Gasteiger partial charge in [-0.25, -0.2) is 37.7 Å². The van der Waals surface area contributed by atoms with Gasteiger partial charge in [-0.05, 0) is 126 Å². The SMILES string of the molecule is C[C@H]1[C@H](OC(=O)CCC(=O)OCC(COC(=O)CCC(=O)O[C@@H]2O[C@@H]3O[C@@]4(C)CC[C@H]5[C@H](C)CC[C@@](C)([C@H]2C)[C@@]35OO4)(NS(=O)(=O)c2ccccc2)OC(=O)CCC(=O)O[C@@H]2O[C@@H]3O[C@@]4(C)CC[C@H]5[C@H](C)CC[C@@H]([C@H]2C)[C@@]35OO4)O[C@@H]2O[C@@]3(C)CC[C@H]4[C@H](C)CC[C@@H]1[C@@]24OO3. The second-order valence-electron chi connectivity index (χ2n) is 30.1. The van der Waals surface area contributed by atoms with Crippen LogP contribution in [0.25, 0.3) is 0 Å². The van der Waals surface area contributed by atoms with E-state index < -0.39 is 192 Å². The van der Waals surface area contributed by atoms with Gasteiger partial charge in [0, 0.05) is 54.3 Å². The number of esters is 6. The first-order valence-corrected chi connectivity index (χ1v) is 35.8. The van der Waals surface area contributed by atoms with Gasteiger partial charge in [0.15, 0.2) is 35.7 Å². The first kappa shape index (κ1) is 69.0. The zero-order chi connectivity index (χ0) is 67.5. The Morgan fingerprint density at radius 2 is 0.895 bits per heavy atom. The fourth-order valence-electron chi connectivity index (χ4n) is 18.4. The number of rotatable bonds is 20. The molecule has 1 N–H and O–H groups in total. The monoisotopic (exact) mass is 1360 g/mol. The highest BCUT2D eigenvalue weighted by atomic mass is 32.2. The van der Waals surface area contributed by atoms with E-state index in [9.17, 15) is 37.2 Å². The van der Waals surface area contributed by atoms with E-state index in [1.54, 1.807) is 26.8 Å². The summed E-state index contributed by atoms with van der Waals surface area (Å²) in [6.45, 7) is 17.3. The van der Waals surface area contributed by atoms with Crippen molar-refractivity contribution in [3.63, 3.8) is 0 Å². The minimum atomic E-state index is -4.78. The molecule has 12 heterocycles. The molecule has 1 unspecified atom stereocenters. The van der Waals surface area contributed by atoms with E-state index in [-0.39, 0.29) is 58.2 Å². The summed E-state index contributed by atoms with van der Waals surface area (Å²) in [4.78, 5) is 120. The minimum absolute atomic E-state index is 0.0233. The van der Waals surface area contributed by atoms with Gasteiger partial charge in [0.1, 0.15) is 13.2 Å². The van der Waals surface area contributed by atoms with Crippen molar-refractivity contribution in [2.24, 2.45) is 70.5 Å².